The zero-order chi connectivity index (χ0) is 11.9. The van der Waals surface area contributed by atoms with Gasteiger partial charge in [-0.1, -0.05) is 69.0 Å². The van der Waals surface area contributed by atoms with Crippen LogP contribution in [0.3, 0.4) is 0 Å². The minimum absolute atomic E-state index is 0.828. The van der Waals surface area contributed by atoms with Crippen molar-refractivity contribution in [1.29, 1.82) is 0 Å². The van der Waals surface area contributed by atoms with E-state index in [0.29, 0.717) is 0 Å². The van der Waals surface area contributed by atoms with E-state index in [2.05, 4.69) is 43.3 Å². The summed E-state index contributed by atoms with van der Waals surface area (Å²) in [6.07, 6.45) is 12.0. The predicted molar refractivity (Wildman–Crippen MR) is 75.9 cm³/mol. The van der Waals surface area contributed by atoms with E-state index in [1.54, 1.807) is 5.57 Å². The summed E-state index contributed by atoms with van der Waals surface area (Å²) in [5.41, 5.74) is 3.08. The molecule has 0 spiro atoms. The Hall–Kier alpha value is -1.04. The van der Waals surface area contributed by atoms with Gasteiger partial charge in [0.05, 0.1) is 0 Å². The summed E-state index contributed by atoms with van der Waals surface area (Å²) >= 11 is 0. The Kier molecular flexibility index (Phi) is 4.85. The first-order chi connectivity index (χ1) is 8.42. The van der Waals surface area contributed by atoms with Gasteiger partial charge in [0.15, 0.2) is 0 Å². The SMILES string of the molecule is CCCCC=C(c1ccccc1)C1CCCC1. The van der Waals surface area contributed by atoms with Gasteiger partial charge in [-0.25, -0.2) is 0 Å². The van der Waals surface area contributed by atoms with Crippen molar-refractivity contribution >= 4 is 5.57 Å². The summed E-state index contributed by atoms with van der Waals surface area (Å²) in [5.74, 6) is 0.828. The van der Waals surface area contributed by atoms with Crippen LogP contribution >= 0.6 is 0 Å². The Balaban J connectivity index is 2.14. The molecule has 1 aliphatic carbocycles. The van der Waals surface area contributed by atoms with Crippen LogP contribution in [0.15, 0.2) is 36.4 Å². The fourth-order valence-corrected chi connectivity index (χ4v) is 2.85. The molecule has 1 fully saturated rings. The fraction of sp³-hybridized carbons (Fsp3) is 0.529. The summed E-state index contributed by atoms with van der Waals surface area (Å²) in [6, 6.07) is 11.0. The Bertz CT molecular complexity index is 342. The molecule has 0 aliphatic heterocycles. The maximum absolute atomic E-state index is 2.51. The van der Waals surface area contributed by atoms with Crippen molar-refractivity contribution < 1.29 is 0 Å². The van der Waals surface area contributed by atoms with Crippen molar-refractivity contribution in [3.8, 4) is 0 Å². The molecule has 0 unspecified atom stereocenters. The van der Waals surface area contributed by atoms with Gasteiger partial charge in [0.2, 0.25) is 0 Å². The van der Waals surface area contributed by atoms with Gasteiger partial charge < -0.3 is 0 Å². The maximum Gasteiger partial charge on any atom is -0.0159 e. The summed E-state index contributed by atoms with van der Waals surface area (Å²) in [6.45, 7) is 2.27. The van der Waals surface area contributed by atoms with Gasteiger partial charge in [0.25, 0.3) is 0 Å². The van der Waals surface area contributed by atoms with Crippen LogP contribution in [0.25, 0.3) is 5.57 Å². The third-order valence-electron chi connectivity index (χ3n) is 3.82. The predicted octanol–water partition coefficient (Wildman–Crippen LogP) is 5.45. The van der Waals surface area contributed by atoms with E-state index in [-0.39, 0.29) is 0 Å². The molecule has 0 atom stereocenters. The van der Waals surface area contributed by atoms with Gasteiger partial charge in [-0.15, -0.1) is 0 Å². The van der Waals surface area contributed by atoms with Gasteiger partial charge in [-0.05, 0) is 36.3 Å². The van der Waals surface area contributed by atoms with Crippen molar-refractivity contribution in [3.05, 3.63) is 42.0 Å². The maximum atomic E-state index is 2.51. The van der Waals surface area contributed by atoms with E-state index in [0.717, 1.165) is 5.92 Å². The Morgan fingerprint density at radius 3 is 2.53 bits per heavy atom. The van der Waals surface area contributed by atoms with Crippen LogP contribution in [0.4, 0.5) is 0 Å². The number of allylic oxidation sites excluding steroid dienone is 2. The van der Waals surface area contributed by atoms with Gasteiger partial charge in [-0.2, -0.15) is 0 Å². The van der Waals surface area contributed by atoms with Crippen LogP contribution in [0, 0.1) is 5.92 Å². The van der Waals surface area contributed by atoms with Crippen LogP contribution in [-0.2, 0) is 0 Å². The first-order valence-electron chi connectivity index (χ1n) is 7.17. The lowest BCUT2D eigenvalue weighted by Crippen LogP contribution is -1.98. The summed E-state index contributed by atoms with van der Waals surface area (Å²) in [7, 11) is 0. The molecule has 0 amide bonds. The normalized spacial score (nSPS) is 17.6. The summed E-state index contributed by atoms with van der Waals surface area (Å²) < 4.78 is 0. The highest BCUT2D eigenvalue weighted by molar-refractivity contribution is 5.67. The van der Waals surface area contributed by atoms with E-state index >= 15 is 0 Å². The molecular formula is C17H24. The Morgan fingerprint density at radius 2 is 1.88 bits per heavy atom. The first kappa shape index (κ1) is 12.4. The molecule has 0 bridgehead atoms. The van der Waals surface area contributed by atoms with Gasteiger partial charge in [0.1, 0.15) is 0 Å². The number of hydrogen-bond donors (Lipinski definition) is 0. The average molecular weight is 228 g/mol. The largest absolute Gasteiger partial charge is 0.0804 e. The minimum atomic E-state index is 0.828. The zero-order valence-corrected chi connectivity index (χ0v) is 11.0. The summed E-state index contributed by atoms with van der Waals surface area (Å²) in [5, 5.41) is 0. The molecule has 0 aromatic heterocycles. The van der Waals surface area contributed by atoms with Crippen LogP contribution in [0.2, 0.25) is 0 Å². The molecule has 1 aromatic rings. The lowest BCUT2D eigenvalue weighted by Gasteiger charge is -2.15. The van der Waals surface area contributed by atoms with Gasteiger partial charge >= 0.3 is 0 Å². The highest BCUT2D eigenvalue weighted by Gasteiger charge is 2.19. The second kappa shape index (κ2) is 6.64. The smallest absolute Gasteiger partial charge is 0.0159 e. The monoisotopic (exact) mass is 228 g/mol. The minimum Gasteiger partial charge on any atom is -0.0804 e. The topological polar surface area (TPSA) is 0 Å². The van der Waals surface area contributed by atoms with Crippen molar-refractivity contribution in [1.82, 2.24) is 0 Å². The quantitative estimate of drug-likeness (QED) is 0.588. The van der Waals surface area contributed by atoms with Crippen LogP contribution < -0.4 is 0 Å². The van der Waals surface area contributed by atoms with Crippen LogP contribution in [0.5, 0.6) is 0 Å². The number of unbranched alkanes of at least 4 members (excludes halogenated alkanes) is 2. The van der Waals surface area contributed by atoms with Crippen LogP contribution in [-0.4, -0.2) is 0 Å². The van der Waals surface area contributed by atoms with E-state index < -0.39 is 0 Å². The molecular weight excluding hydrogens is 204 g/mol. The molecule has 0 nitrogen and oxygen atoms in total. The van der Waals surface area contributed by atoms with E-state index in [1.165, 1.54) is 50.5 Å². The molecule has 1 aliphatic rings. The second-order valence-electron chi connectivity index (χ2n) is 5.15. The van der Waals surface area contributed by atoms with Gasteiger partial charge in [-0.3, -0.25) is 0 Å². The summed E-state index contributed by atoms with van der Waals surface area (Å²) in [4.78, 5) is 0. The second-order valence-corrected chi connectivity index (χ2v) is 5.15. The average Bonchev–Trinajstić information content (AvgIpc) is 2.89. The number of hydrogen-bond acceptors (Lipinski definition) is 0. The lowest BCUT2D eigenvalue weighted by atomic mass is 9.90. The zero-order valence-electron chi connectivity index (χ0n) is 11.0. The molecule has 0 saturated heterocycles. The molecule has 1 saturated carbocycles. The molecule has 17 heavy (non-hydrogen) atoms. The lowest BCUT2D eigenvalue weighted by molar-refractivity contribution is 0.700. The first-order valence-corrected chi connectivity index (χ1v) is 7.17. The molecule has 0 heteroatoms. The van der Waals surface area contributed by atoms with Crippen molar-refractivity contribution in [2.45, 2.75) is 51.9 Å². The van der Waals surface area contributed by atoms with E-state index in [4.69, 9.17) is 0 Å². The van der Waals surface area contributed by atoms with Crippen molar-refractivity contribution in [3.63, 3.8) is 0 Å². The van der Waals surface area contributed by atoms with Crippen molar-refractivity contribution in [2.24, 2.45) is 5.92 Å². The molecule has 2 rings (SSSR count). The Morgan fingerprint density at radius 1 is 1.18 bits per heavy atom. The van der Waals surface area contributed by atoms with Gasteiger partial charge in [0, 0.05) is 0 Å². The molecule has 92 valence electrons. The molecule has 1 aromatic carbocycles. The standard InChI is InChI=1S/C17H24/c1-2-3-5-14-17(16-12-8-9-13-16)15-10-6-4-7-11-15/h4,6-7,10-11,14,16H,2-3,5,8-9,12-13H2,1H3. The third kappa shape index (κ3) is 3.46. The van der Waals surface area contributed by atoms with E-state index in [1.807, 2.05) is 0 Å². The number of benzene rings is 1. The molecule has 0 heterocycles. The molecule has 0 N–H and O–H groups in total. The highest BCUT2D eigenvalue weighted by Crippen LogP contribution is 2.36. The van der Waals surface area contributed by atoms with E-state index in [9.17, 15) is 0 Å². The Labute approximate surface area is 106 Å². The molecule has 0 radical (unpaired) electrons. The van der Waals surface area contributed by atoms with Crippen molar-refractivity contribution in [2.75, 3.05) is 0 Å². The fourth-order valence-electron chi connectivity index (χ4n) is 2.85. The van der Waals surface area contributed by atoms with Crippen LogP contribution in [0.1, 0.15) is 57.4 Å². The third-order valence-corrected chi connectivity index (χ3v) is 3.82. The highest BCUT2D eigenvalue weighted by atomic mass is 14.2. The number of rotatable bonds is 5.